The molecule has 0 aromatic heterocycles. The summed E-state index contributed by atoms with van der Waals surface area (Å²) in [5.41, 5.74) is 6.38. The second-order valence-corrected chi connectivity index (χ2v) is 3.84. The molecule has 16 heavy (non-hydrogen) atoms. The van der Waals surface area contributed by atoms with Crippen LogP contribution in [0.4, 0.5) is 0 Å². The van der Waals surface area contributed by atoms with Crippen LogP contribution in [-0.2, 0) is 11.3 Å². The number of nitrogens with two attached hydrogens (primary N) is 1. The number of carbonyl (C=O) groups is 1. The number of carbonyl (C=O) groups excluding carboxylic acids is 1. The highest BCUT2D eigenvalue weighted by atomic mass is 16.3. The van der Waals surface area contributed by atoms with Crippen molar-refractivity contribution >= 4 is 5.91 Å². The van der Waals surface area contributed by atoms with Gasteiger partial charge in [-0.2, -0.15) is 0 Å². The fraction of sp³-hybridized carbons (Fsp3) is 0.417. The average Bonchev–Trinajstić information content (AvgIpc) is 2.30. The monoisotopic (exact) mass is 222 g/mol. The summed E-state index contributed by atoms with van der Waals surface area (Å²) in [6.45, 7) is 2.25. The van der Waals surface area contributed by atoms with Gasteiger partial charge in [-0.15, -0.1) is 0 Å². The molecule has 0 aliphatic heterocycles. The van der Waals surface area contributed by atoms with Crippen molar-refractivity contribution < 1.29 is 9.90 Å². The van der Waals surface area contributed by atoms with Crippen molar-refractivity contribution in [1.29, 1.82) is 0 Å². The highest BCUT2D eigenvalue weighted by Gasteiger charge is 2.16. The molecule has 4 nitrogen and oxygen atoms in total. The number of likely N-dealkylation sites (N-methyl/N-ethyl adjacent to an activating group) is 1. The van der Waals surface area contributed by atoms with Gasteiger partial charge in [-0.05, 0) is 12.5 Å². The third-order valence-corrected chi connectivity index (χ3v) is 2.53. The molecule has 0 heterocycles. The molecule has 0 fully saturated rings. The van der Waals surface area contributed by atoms with E-state index in [2.05, 4.69) is 0 Å². The zero-order valence-electron chi connectivity index (χ0n) is 9.68. The van der Waals surface area contributed by atoms with Gasteiger partial charge in [-0.3, -0.25) is 4.79 Å². The first-order valence-electron chi connectivity index (χ1n) is 5.33. The van der Waals surface area contributed by atoms with E-state index in [0.717, 1.165) is 5.56 Å². The highest BCUT2D eigenvalue weighted by Crippen LogP contribution is 2.17. The summed E-state index contributed by atoms with van der Waals surface area (Å²) in [6.07, 6.45) is 0.615. The van der Waals surface area contributed by atoms with Crippen molar-refractivity contribution in [3.05, 3.63) is 29.8 Å². The summed E-state index contributed by atoms with van der Waals surface area (Å²) < 4.78 is 0. The van der Waals surface area contributed by atoms with Crippen LogP contribution in [0.15, 0.2) is 24.3 Å². The Bertz CT molecular complexity index is 366. The number of amides is 1. The summed E-state index contributed by atoms with van der Waals surface area (Å²) in [5, 5.41) is 9.57. The molecule has 0 bridgehead atoms. The molecule has 1 atom stereocenters. The minimum Gasteiger partial charge on any atom is -0.508 e. The SMILES string of the molecule is CCC(N)C(=O)N(C)Cc1ccccc1O. The number of hydrogen-bond acceptors (Lipinski definition) is 3. The van der Waals surface area contributed by atoms with Crippen LogP contribution in [-0.4, -0.2) is 29.0 Å². The normalized spacial score (nSPS) is 12.2. The predicted molar refractivity (Wildman–Crippen MR) is 62.8 cm³/mol. The molecule has 88 valence electrons. The van der Waals surface area contributed by atoms with Gasteiger partial charge in [0.25, 0.3) is 0 Å². The second-order valence-electron chi connectivity index (χ2n) is 3.84. The topological polar surface area (TPSA) is 66.6 Å². The van der Waals surface area contributed by atoms with Gasteiger partial charge in [0.05, 0.1) is 6.04 Å². The molecule has 0 aliphatic carbocycles. The predicted octanol–water partition coefficient (Wildman–Crippen LogP) is 1.09. The van der Waals surface area contributed by atoms with Gasteiger partial charge in [0, 0.05) is 19.2 Å². The molecule has 1 amide bonds. The largest absolute Gasteiger partial charge is 0.508 e. The van der Waals surface area contributed by atoms with E-state index in [0.29, 0.717) is 13.0 Å². The van der Waals surface area contributed by atoms with Crippen LogP contribution in [0, 0.1) is 0 Å². The van der Waals surface area contributed by atoms with Gasteiger partial charge in [0.2, 0.25) is 5.91 Å². The fourth-order valence-corrected chi connectivity index (χ4v) is 1.44. The highest BCUT2D eigenvalue weighted by molar-refractivity contribution is 5.81. The lowest BCUT2D eigenvalue weighted by Crippen LogP contribution is -2.40. The maximum Gasteiger partial charge on any atom is 0.239 e. The molecule has 0 spiro atoms. The van der Waals surface area contributed by atoms with Crippen molar-refractivity contribution in [2.75, 3.05) is 7.05 Å². The van der Waals surface area contributed by atoms with Gasteiger partial charge in [-0.25, -0.2) is 0 Å². The molecule has 0 radical (unpaired) electrons. The standard InChI is InChI=1S/C12H18N2O2/c1-3-10(13)12(16)14(2)8-9-6-4-5-7-11(9)15/h4-7,10,15H,3,8,13H2,1-2H3. The van der Waals surface area contributed by atoms with E-state index in [1.807, 2.05) is 13.0 Å². The lowest BCUT2D eigenvalue weighted by molar-refractivity contribution is -0.131. The van der Waals surface area contributed by atoms with Gasteiger partial charge in [0.15, 0.2) is 0 Å². The first-order valence-corrected chi connectivity index (χ1v) is 5.33. The summed E-state index contributed by atoms with van der Waals surface area (Å²) in [4.78, 5) is 13.2. The minimum absolute atomic E-state index is 0.106. The molecular formula is C12H18N2O2. The average molecular weight is 222 g/mol. The van der Waals surface area contributed by atoms with Crippen LogP contribution in [0.2, 0.25) is 0 Å². The molecule has 3 N–H and O–H groups in total. The number of rotatable bonds is 4. The van der Waals surface area contributed by atoms with Crippen LogP contribution < -0.4 is 5.73 Å². The Morgan fingerprint density at radius 2 is 2.12 bits per heavy atom. The number of para-hydroxylation sites is 1. The summed E-state index contributed by atoms with van der Waals surface area (Å²) in [6, 6.07) is 6.51. The van der Waals surface area contributed by atoms with E-state index in [9.17, 15) is 9.90 Å². The second kappa shape index (κ2) is 5.51. The van der Waals surface area contributed by atoms with Crippen molar-refractivity contribution in [3.8, 4) is 5.75 Å². The third kappa shape index (κ3) is 2.97. The molecule has 0 aliphatic rings. The van der Waals surface area contributed by atoms with Crippen molar-refractivity contribution in [1.82, 2.24) is 4.90 Å². The zero-order valence-corrected chi connectivity index (χ0v) is 9.68. The van der Waals surface area contributed by atoms with Crippen LogP contribution in [0.25, 0.3) is 0 Å². The van der Waals surface area contributed by atoms with E-state index < -0.39 is 6.04 Å². The molecule has 1 unspecified atom stereocenters. The van der Waals surface area contributed by atoms with E-state index in [1.165, 1.54) is 4.90 Å². The Hall–Kier alpha value is -1.55. The van der Waals surface area contributed by atoms with Gasteiger partial charge in [-0.1, -0.05) is 25.1 Å². The molecular weight excluding hydrogens is 204 g/mol. The molecule has 4 heteroatoms. The van der Waals surface area contributed by atoms with E-state index in [4.69, 9.17) is 5.73 Å². The molecule has 0 saturated heterocycles. The Morgan fingerprint density at radius 1 is 1.50 bits per heavy atom. The first kappa shape index (κ1) is 12.5. The number of phenolic OH excluding ortho intramolecular Hbond substituents is 1. The molecule has 1 aromatic carbocycles. The summed E-state index contributed by atoms with van der Waals surface area (Å²) in [7, 11) is 1.68. The number of nitrogens with zero attached hydrogens (tertiary/aromatic N) is 1. The van der Waals surface area contributed by atoms with Crippen molar-refractivity contribution in [2.45, 2.75) is 25.9 Å². The zero-order chi connectivity index (χ0) is 12.1. The first-order chi connectivity index (χ1) is 7.56. The lowest BCUT2D eigenvalue weighted by Gasteiger charge is -2.21. The van der Waals surface area contributed by atoms with Gasteiger partial charge >= 0.3 is 0 Å². The minimum atomic E-state index is -0.462. The van der Waals surface area contributed by atoms with Crippen LogP contribution in [0.3, 0.4) is 0 Å². The number of hydrogen-bond donors (Lipinski definition) is 2. The number of phenols is 1. The van der Waals surface area contributed by atoms with Crippen LogP contribution in [0.5, 0.6) is 5.75 Å². The van der Waals surface area contributed by atoms with E-state index >= 15 is 0 Å². The maximum atomic E-state index is 11.7. The van der Waals surface area contributed by atoms with Crippen molar-refractivity contribution in [2.24, 2.45) is 5.73 Å². The van der Waals surface area contributed by atoms with Crippen molar-refractivity contribution in [3.63, 3.8) is 0 Å². The lowest BCUT2D eigenvalue weighted by atomic mass is 10.1. The quantitative estimate of drug-likeness (QED) is 0.801. The smallest absolute Gasteiger partial charge is 0.239 e. The maximum absolute atomic E-state index is 11.7. The van der Waals surface area contributed by atoms with Crippen LogP contribution in [0.1, 0.15) is 18.9 Å². The number of benzene rings is 1. The van der Waals surface area contributed by atoms with Crippen LogP contribution >= 0.6 is 0 Å². The molecule has 1 aromatic rings. The third-order valence-electron chi connectivity index (χ3n) is 2.53. The molecule has 0 saturated carbocycles. The molecule has 1 rings (SSSR count). The summed E-state index contributed by atoms with van der Waals surface area (Å²) >= 11 is 0. The fourth-order valence-electron chi connectivity index (χ4n) is 1.44. The Balaban J connectivity index is 2.68. The summed E-state index contributed by atoms with van der Waals surface area (Å²) in [5.74, 6) is 0.0953. The number of aromatic hydroxyl groups is 1. The Kier molecular flexibility index (Phi) is 4.31. The van der Waals surface area contributed by atoms with E-state index in [-0.39, 0.29) is 11.7 Å². The van der Waals surface area contributed by atoms with Gasteiger partial charge < -0.3 is 15.7 Å². The Labute approximate surface area is 95.7 Å². The van der Waals surface area contributed by atoms with E-state index in [1.54, 1.807) is 25.2 Å². The van der Waals surface area contributed by atoms with Gasteiger partial charge in [0.1, 0.15) is 5.75 Å². The Morgan fingerprint density at radius 3 is 2.69 bits per heavy atom.